The number of methoxy groups -OCH3 is 2. The predicted octanol–water partition coefficient (Wildman–Crippen LogP) is 5.55. The van der Waals surface area contributed by atoms with Gasteiger partial charge >= 0.3 is 6.18 Å². The zero-order valence-electron chi connectivity index (χ0n) is 26.4. The van der Waals surface area contributed by atoms with Crippen LogP contribution in [0, 0.1) is 11.8 Å². The minimum Gasteiger partial charge on any atom is -0.495 e. The second-order valence-corrected chi connectivity index (χ2v) is 13.9. The average molecular weight is 662 g/mol. The Hall–Kier alpha value is -3.44. The molecule has 2 fully saturated rings. The highest BCUT2D eigenvalue weighted by atomic mass is 32.2. The van der Waals surface area contributed by atoms with E-state index in [2.05, 4.69) is 34.3 Å². The van der Waals surface area contributed by atoms with Crippen LogP contribution in [-0.4, -0.2) is 75.6 Å². The zero-order chi connectivity index (χ0) is 33.1. The van der Waals surface area contributed by atoms with E-state index in [9.17, 15) is 21.6 Å². The molecule has 3 aromatic rings. The summed E-state index contributed by atoms with van der Waals surface area (Å²) in [5.41, 5.74) is 2.12. The van der Waals surface area contributed by atoms with Crippen LogP contribution in [0.1, 0.15) is 51.1 Å². The first-order valence-corrected chi connectivity index (χ1v) is 17.0. The van der Waals surface area contributed by atoms with Gasteiger partial charge in [0.1, 0.15) is 12.3 Å². The third-order valence-electron chi connectivity index (χ3n) is 9.33. The summed E-state index contributed by atoms with van der Waals surface area (Å²) in [7, 11) is -0.744. The number of hydrogen-bond acceptors (Lipinski definition) is 7. The molecule has 0 radical (unpaired) electrons. The van der Waals surface area contributed by atoms with Crippen LogP contribution in [0.15, 0.2) is 47.4 Å². The highest BCUT2D eigenvalue weighted by Gasteiger charge is 2.38. The maximum absolute atomic E-state index is 13.7. The number of sulfonamides is 1. The molecule has 2 aromatic carbocycles. The van der Waals surface area contributed by atoms with Crippen LogP contribution in [0.25, 0.3) is 10.9 Å². The molecule has 2 heterocycles. The number of nitrogens with one attached hydrogen (secondary N) is 2. The number of fused-ring (bicyclic) bond motifs is 1. The minimum atomic E-state index is -4.44. The Morgan fingerprint density at radius 3 is 2.39 bits per heavy atom. The molecule has 0 unspecified atom stereocenters. The van der Waals surface area contributed by atoms with Crippen molar-refractivity contribution in [3.05, 3.63) is 48.2 Å². The number of aromatic nitrogens is 1. The van der Waals surface area contributed by atoms with Gasteiger partial charge in [-0.2, -0.15) is 13.2 Å². The summed E-state index contributed by atoms with van der Waals surface area (Å²) in [5.74, 6) is 6.05. The molecule has 1 aromatic heterocycles. The van der Waals surface area contributed by atoms with E-state index in [4.69, 9.17) is 14.6 Å². The number of rotatable bonds is 9. The van der Waals surface area contributed by atoms with Crippen LogP contribution in [0.4, 0.5) is 24.5 Å². The van der Waals surface area contributed by atoms with Crippen molar-refractivity contribution >= 4 is 32.3 Å². The standard InChI is InChI=1S/C33H42F3N5O4S/c1-32(40-18-13-25(44-2)14-19-40)15-11-23(12-16-32)39-28-7-4-8-30-27(28)20-24(41(30)22-33(34,35)36)6-5-17-38-29-10-9-26(46(37,42)43)21-31(29)45-3/h4,7-10,20-21,23,25,38-39H,11-19,22H2,1-3H3,(H2,37,42,43). The number of halogens is 3. The van der Waals surface area contributed by atoms with Crippen LogP contribution in [0.2, 0.25) is 0 Å². The first kappa shape index (κ1) is 33.9. The molecule has 1 saturated heterocycles. The molecule has 0 spiro atoms. The van der Waals surface area contributed by atoms with Gasteiger partial charge in [-0.3, -0.25) is 4.90 Å². The van der Waals surface area contributed by atoms with Gasteiger partial charge in [0.05, 0.1) is 41.6 Å². The lowest BCUT2D eigenvalue weighted by Gasteiger charge is -2.48. The summed E-state index contributed by atoms with van der Waals surface area (Å²) in [6.07, 6.45) is 2.05. The number of ether oxygens (including phenoxy) is 2. The van der Waals surface area contributed by atoms with E-state index in [1.54, 1.807) is 25.3 Å². The third kappa shape index (κ3) is 7.91. The van der Waals surface area contributed by atoms with E-state index >= 15 is 0 Å². The van der Waals surface area contributed by atoms with Gasteiger partial charge < -0.3 is 24.7 Å². The number of nitrogens with zero attached hydrogens (tertiary/aromatic N) is 2. The maximum Gasteiger partial charge on any atom is 0.406 e. The lowest BCUT2D eigenvalue weighted by atomic mass is 9.78. The van der Waals surface area contributed by atoms with E-state index in [-0.39, 0.29) is 34.5 Å². The average Bonchev–Trinajstić information content (AvgIpc) is 3.36. The van der Waals surface area contributed by atoms with Crippen molar-refractivity contribution in [1.82, 2.24) is 9.47 Å². The van der Waals surface area contributed by atoms with Gasteiger partial charge in [0, 0.05) is 48.9 Å². The Morgan fingerprint density at radius 2 is 1.76 bits per heavy atom. The monoisotopic (exact) mass is 661 g/mol. The van der Waals surface area contributed by atoms with Crippen LogP contribution in [0.5, 0.6) is 5.75 Å². The largest absolute Gasteiger partial charge is 0.495 e. The summed E-state index contributed by atoms with van der Waals surface area (Å²) < 4.78 is 76.4. The smallest absolute Gasteiger partial charge is 0.406 e. The van der Waals surface area contributed by atoms with Gasteiger partial charge in [-0.15, -0.1) is 0 Å². The topological polar surface area (TPSA) is 111 Å². The molecular formula is C33H42F3N5O4S. The van der Waals surface area contributed by atoms with Gasteiger partial charge in [0.15, 0.2) is 0 Å². The summed E-state index contributed by atoms with van der Waals surface area (Å²) in [6, 6.07) is 11.4. The van der Waals surface area contributed by atoms with E-state index in [1.807, 2.05) is 6.07 Å². The molecule has 9 nitrogen and oxygen atoms in total. The maximum atomic E-state index is 13.7. The van der Waals surface area contributed by atoms with E-state index in [1.165, 1.54) is 29.9 Å². The summed E-state index contributed by atoms with van der Waals surface area (Å²) in [5, 5.41) is 12.6. The van der Waals surface area contributed by atoms with Gasteiger partial charge in [-0.05, 0) is 81.7 Å². The van der Waals surface area contributed by atoms with Crippen molar-refractivity contribution in [2.45, 2.75) is 80.7 Å². The van der Waals surface area contributed by atoms with Crippen molar-refractivity contribution in [1.29, 1.82) is 0 Å². The van der Waals surface area contributed by atoms with Crippen LogP contribution < -0.4 is 20.5 Å². The SMILES string of the molecule is COc1cc(S(N)(=O)=O)ccc1NCC#Cc1cc2c(NC3CCC(C)(N4CCC(OC)CC4)CC3)cccc2n1CC(F)(F)F. The molecule has 0 bridgehead atoms. The summed E-state index contributed by atoms with van der Waals surface area (Å²) in [4.78, 5) is 2.50. The van der Waals surface area contributed by atoms with E-state index < -0.39 is 22.7 Å². The van der Waals surface area contributed by atoms with Gasteiger partial charge in [-0.25, -0.2) is 13.6 Å². The molecule has 1 aliphatic heterocycles. The number of piperidine rings is 1. The molecule has 0 atom stereocenters. The van der Waals surface area contributed by atoms with Gasteiger partial charge in [0.2, 0.25) is 10.0 Å². The van der Waals surface area contributed by atoms with Crippen molar-refractivity contribution in [2.75, 3.05) is 44.5 Å². The number of primary sulfonamides is 1. The molecule has 46 heavy (non-hydrogen) atoms. The highest BCUT2D eigenvalue weighted by Crippen LogP contribution is 2.38. The number of hydrogen-bond donors (Lipinski definition) is 3. The second-order valence-electron chi connectivity index (χ2n) is 12.4. The van der Waals surface area contributed by atoms with Gasteiger partial charge in [0.25, 0.3) is 0 Å². The van der Waals surface area contributed by atoms with Crippen LogP contribution in [-0.2, 0) is 21.3 Å². The van der Waals surface area contributed by atoms with Crippen LogP contribution >= 0.6 is 0 Å². The molecule has 5 rings (SSSR count). The molecule has 4 N–H and O–H groups in total. The number of alkyl halides is 3. The van der Waals surface area contributed by atoms with Crippen molar-refractivity contribution in [3.63, 3.8) is 0 Å². The molecule has 0 amide bonds. The number of nitrogens with two attached hydrogens (primary N) is 1. The fourth-order valence-corrected chi connectivity index (χ4v) is 7.21. The Morgan fingerprint density at radius 1 is 1.04 bits per heavy atom. The minimum absolute atomic E-state index is 0.0771. The summed E-state index contributed by atoms with van der Waals surface area (Å²) >= 11 is 0. The van der Waals surface area contributed by atoms with Gasteiger partial charge in [-0.1, -0.05) is 12.0 Å². The molecule has 1 saturated carbocycles. The third-order valence-corrected chi connectivity index (χ3v) is 10.2. The normalized spacial score (nSPS) is 21.5. The lowest BCUT2D eigenvalue weighted by molar-refractivity contribution is -0.140. The van der Waals surface area contributed by atoms with Crippen molar-refractivity contribution in [3.8, 4) is 17.6 Å². The second kappa shape index (κ2) is 13.7. The predicted molar refractivity (Wildman–Crippen MR) is 174 cm³/mol. The molecular weight excluding hydrogens is 619 g/mol. The Balaban J connectivity index is 1.31. The molecule has 1 aliphatic carbocycles. The zero-order valence-corrected chi connectivity index (χ0v) is 27.2. The lowest BCUT2D eigenvalue weighted by Crippen LogP contribution is -2.53. The quantitative estimate of drug-likeness (QED) is 0.258. The van der Waals surface area contributed by atoms with E-state index in [0.717, 1.165) is 57.3 Å². The number of benzene rings is 2. The number of likely N-dealkylation sites (tertiary alicyclic amines) is 1. The fourth-order valence-electron chi connectivity index (χ4n) is 6.68. The molecule has 13 heteroatoms. The van der Waals surface area contributed by atoms with Crippen molar-refractivity contribution in [2.24, 2.45) is 5.14 Å². The molecule has 250 valence electrons. The first-order chi connectivity index (χ1) is 21.8. The van der Waals surface area contributed by atoms with Crippen LogP contribution in [0.3, 0.4) is 0 Å². The Labute approximate surface area is 268 Å². The molecule has 2 aliphatic rings. The Kier molecular flexibility index (Phi) is 10.1. The fraction of sp³-hybridized carbons (Fsp3) is 0.515. The Bertz CT molecular complexity index is 1700. The van der Waals surface area contributed by atoms with Crippen molar-refractivity contribution < 1.29 is 31.1 Å². The summed E-state index contributed by atoms with van der Waals surface area (Å²) in [6.45, 7) is 3.34. The highest BCUT2D eigenvalue weighted by molar-refractivity contribution is 7.89. The van der Waals surface area contributed by atoms with E-state index in [0.29, 0.717) is 22.7 Å². The first-order valence-electron chi connectivity index (χ1n) is 15.5. The number of anilines is 2.